The highest BCUT2D eigenvalue weighted by Gasteiger charge is 2.18. The molecule has 0 aliphatic carbocycles. The highest BCUT2D eigenvalue weighted by molar-refractivity contribution is 6.30. The molecule has 1 aromatic heterocycles. The van der Waals surface area contributed by atoms with Crippen molar-refractivity contribution >= 4 is 11.6 Å². The molecule has 0 bridgehead atoms. The van der Waals surface area contributed by atoms with Crippen molar-refractivity contribution in [2.45, 2.75) is 26.2 Å². The molecule has 0 spiro atoms. The molecule has 2 aromatic rings. The Balaban J connectivity index is 2.52. The molecule has 0 amide bonds. The molecule has 0 atom stereocenters. The zero-order valence-corrected chi connectivity index (χ0v) is 11.4. The van der Waals surface area contributed by atoms with Gasteiger partial charge in [-0.2, -0.15) is 4.98 Å². The Bertz CT molecular complexity index is 559. The predicted molar refractivity (Wildman–Crippen MR) is 72.8 cm³/mol. The number of halogens is 1. The van der Waals surface area contributed by atoms with Crippen molar-refractivity contribution < 1.29 is 5.11 Å². The Hall–Kier alpha value is -1.61. The maximum atomic E-state index is 9.70. The molecule has 2 rings (SSSR count). The molecule has 1 heterocycles. The predicted octanol–water partition coefficient (Wildman–Crippen LogP) is 3.80. The SMILES string of the molecule is CC(C)(C)c1cc(O)nc(-c2ccc(Cl)cc2)n1. The maximum absolute atomic E-state index is 9.70. The van der Waals surface area contributed by atoms with Crippen LogP contribution in [0.5, 0.6) is 5.88 Å². The van der Waals surface area contributed by atoms with Gasteiger partial charge in [-0.1, -0.05) is 32.4 Å². The molecule has 0 aliphatic heterocycles. The molecule has 0 unspecified atom stereocenters. The standard InChI is InChI=1S/C14H15ClN2O/c1-14(2,3)11-8-12(18)17-13(16-11)9-4-6-10(15)7-5-9/h4-8H,1-3H3,(H,16,17,18). The molecule has 3 nitrogen and oxygen atoms in total. The lowest BCUT2D eigenvalue weighted by Crippen LogP contribution is -2.14. The van der Waals surface area contributed by atoms with Gasteiger partial charge in [-0.25, -0.2) is 4.98 Å². The summed E-state index contributed by atoms with van der Waals surface area (Å²) >= 11 is 5.84. The van der Waals surface area contributed by atoms with E-state index in [1.807, 2.05) is 32.9 Å². The van der Waals surface area contributed by atoms with Gasteiger partial charge >= 0.3 is 0 Å². The van der Waals surface area contributed by atoms with E-state index in [-0.39, 0.29) is 11.3 Å². The Labute approximate surface area is 111 Å². The molecule has 1 aromatic carbocycles. The van der Waals surface area contributed by atoms with E-state index in [0.717, 1.165) is 11.3 Å². The Morgan fingerprint density at radius 1 is 1.06 bits per heavy atom. The summed E-state index contributed by atoms with van der Waals surface area (Å²) in [4.78, 5) is 8.54. The summed E-state index contributed by atoms with van der Waals surface area (Å²) in [7, 11) is 0. The summed E-state index contributed by atoms with van der Waals surface area (Å²) < 4.78 is 0. The summed E-state index contributed by atoms with van der Waals surface area (Å²) in [5, 5.41) is 10.4. The molecule has 1 N–H and O–H groups in total. The van der Waals surface area contributed by atoms with Gasteiger partial charge in [-0.05, 0) is 24.3 Å². The fraction of sp³-hybridized carbons (Fsp3) is 0.286. The number of aromatic hydroxyl groups is 1. The smallest absolute Gasteiger partial charge is 0.214 e. The van der Waals surface area contributed by atoms with Gasteiger partial charge in [0.15, 0.2) is 5.82 Å². The minimum atomic E-state index is -0.137. The van der Waals surface area contributed by atoms with Crippen LogP contribution in [0.1, 0.15) is 26.5 Å². The second-order valence-electron chi connectivity index (χ2n) is 5.19. The van der Waals surface area contributed by atoms with Crippen molar-refractivity contribution in [3.8, 4) is 17.3 Å². The van der Waals surface area contributed by atoms with Crippen LogP contribution in [0.25, 0.3) is 11.4 Å². The number of hydrogen-bond acceptors (Lipinski definition) is 3. The zero-order chi connectivity index (χ0) is 13.3. The Morgan fingerprint density at radius 2 is 1.67 bits per heavy atom. The van der Waals surface area contributed by atoms with Crippen LogP contribution >= 0.6 is 11.6 Å². The van der Waals surface area contributed by atoms with Crippen molar-refractivity contribution in [2.75, 3.05) is 0 Å². The Kier molecular flexibility index (Phi) is 3.26. The van der Waals surface area contributed by atoms with E-state index < -0.39 is 0 Å². The maximum Gasteiger partial charge on any atom is 0.214 e. The molecular formula is C14H15ClN2O. The van der Waals surface area contributed by atoms with Crippen molar-refractivity contribution in [1.82, 2.24) is 9.97 Å². The minimum Gasteiger partial charge on any atom is -0.493 e. The van der Waals surface area contributed by atoms with Crippen LogP contribution in [-0.4, -0.2) is 15.1 Å². The lowest BCUT2D eigenvalue weighted by molar-refractivity contribution is 0.446. The number of rotatable bonds is 1. The second kappa shape index (κ2) is 4.58. The average Bonchev–Trinajstić information content (AvgIpc) is 2.28. The molecular weight excluding hydrogens is 248 g/mol. The van der Waals surface area contributed by atoms with E-state index in [4.69, 9.17) is 11.6 Å². The average molecular weight is 263 g/mol. The van der Waals surface area contributed by atoms with Crippen LogP contribution in [0.4, 0.5) is 0 Å². The van der Waals surface area contributed by atoms with Crippen LogP contribution < -0.4 is 0 Å². The molecule has 94 valence electrons. The van der Waals surface area contributed by atoms with Crippen LogP contribution in [0.3, 0.4) is 0 Å². The van der Waals surface area contributed by atoms with Crippen LogP contribution in [0, 0.1) is 0 Å². The van der Waals surface area contributed by atoms with Gasteiger partial charge in [0.1, 0.15) is 0 Å². The first-order chi connectivity index (χ1) is 8.36. The number of hydrogen-bond donors (Lipinski definition) is 1. The van der Waals surface area contributed by atoms with E-state index >= 15 is 0 Å². The molecule has 18 heavy (non-hydrogen) atoms. The van der Waals surface area contributed by atoms with Crippen LogP contribution in [-0.2, 0) is 5.41 Å². The summed E-state index contributed by atoms with van der Waals surface area (Å²) in [6.45, 7) is 6.13. The van der Waals surface area contributed by atoms with E-state index in [2.05, 4.69) is 9.97 Å². The first kappa shape index (κ1) is 12.8. The van der Waals surface area contributed by atoms with Gasteiger partial charge in [0, 0.05) is 22.1 Å². The van der Waals surface area contributed by atoms with Gasteiger partial charge in [-0.15, -0.1) is 0 Å². The lowest BCUT2D eigenvalue weighted by atomic mass is 9.92. The van der Waals surface area contributed by atoms with E-state index in [1.165, 1.54) is 0 Å². The summed E-state index contributed by atoms with van der Waals surface area (Å²) in [6, 6.07) is 8.83. The highest BCUT2D eigenvalue weighted by atomic mass is 35.5. The zero-order valence-electron chi connectivity index (χ0n) is 10.6. The molecule has 0 saturated carbocycles. The van der Waals surface area contributed by atoms with E-state index in [1.54, 1.807) is 18.2 Å². The minimum absolute atomic E-state index is 0.0140. The molecule has 0 radical (unpaired) electrons. The van der Waals surface area contributed by atoms with Crippen LogP contribution in [0.15, 0.2) is 30.3 Å². The van der Waals surface area contributed by atoms with Gasteiger partial charge in [-0.3, -0.25) is 0 Å². The number of aromatic nitrogens is 2. The summed E-state index contributed by atoms with van der Waals surface area (Å²) in [5.74, 6) is 0.497. The third kappa shape index (κ3) is 2.79. The third-order valence-corrected chi connectivity index (χ3v) is 2.84. The lowest BCUT2D eigenvalue weighted by Gasteiger charge is -2.18. The number of benzene rings is 1. The number of nitrogens with zero attached hydrogens (tertiary/aromatic N) is 2. The monoisotopic (exact) mass is 262 g/mol. The van der Waals surface area contributed by atoms with Crippen molar-refractivity contribution in [1.29, 1.82) is 0 Å². The van der Waals surface area contributed by atoms with Crippen molar-refractivity contribution in [3.05, 3.63) is 41.0 Å². The first-order valence-electron chi connectivity index (χ1n) is 5.71. The fourth-order valence-electron chi connectivity index (χ4n) is 1.55. The second-order valence-corrected chi connectivity index (χ2v) is 5.63. The quantitative estimate of drug-likeness (QED) is 0.850. The van der Waals surface area contributed by atoms with E-state index in [9.17, 15) is 5.11 Å². The fourth-order valence-corrected chi connectivity index (χ4v) is 1.67. The van der Waals surface area contributed by atoms with E-state index in [0.29, 0.717) is 10.8 Å². The molecule has 4 heteroatoms. The Morgan fingerprint density at radius 3 is 2.22 bits per heavy atom. The molecule has 0 fully saturated rings. The van der Waals surface area contributed by atoms with Gasteiger partial charge in [0.05, 0.1) is 5.69 Å². The normalized spacial score (nSPS) is 11.6. The molecule has 0 aliphatic rings. The third-order valence-electron chi connectivity index (χ3n) is 2.58. The van der Waals surface area contributed by atoms with Crippen molar-refractivity contribution in [3.63, 3.8) is 0 Å². The molecule has 0 saturated heterocycles. The topological polar surface area (TPSA) is 46.0 Å². The van der Waals surface area contributed by atoms with Gasteiger partial charge in [0.2, 0.25) is 5.88 Å². The highest BCUT2D eigenvalue weighted by Crippen LogP contribution is 2.26. The van der Waals surface area contributed by atoms with Gasteiger partial charge in [0.25, 0.3) is 0 Å². The first-order valence-corrected chi connectivity index (χ1v) is 6.08. The summed E-state index contributed by atoms with van der Waals surface area (Å²) in [5.41, 5.74) is 1.50. The van der Waals surface area contributed by atoms with Gasteiger partial charge < -0.3 is 5.11 Å². The summed E-state index contributed by atoms with van der Waals surface area (Å²) in [6.07, 6.45) is 0. The van der Waals surface area contributed by atoms with Crippen molar-refractivity contribution in [2.24, 2.45) is 0 Å². The largest absolute Gasteiger partial charge is 0.493 e. The van der Waals surface area contributed by atoms with Crippen LogP contribution in [0.2, 0.25) is 5.02 Å².